The van der Waals surface area contributed by atoms with E-state index >= 15 is 0 Å². The minimum atomic E-state index is -0.123. The lowest BCUT2D eigenvalue weighted by Crippen LogP contribution is -2.25. The molecule has 0 aromatic heterocycles. The first-order valence-electron chi connectivity index (χ1n) is 6.18. The molecule has 1 nitrogen and oxygen atoms in total. The van der Waals surface area contributed by atoms with Gasteiger partial charge in [-0.3, -0.25) is 0 Å². The van der Waals surface area contributed by atoms with Gasteiger partial charge >= 0.3 is 0 Å². The van der Waals surface area contributed by atoms with Crippen LogP contribution in [-0.4, -0.2) is 6.54 Å². The Hall–Kier alpha value is -0.890. The highest BCUT2D eigenvalue weighted by molar-refractivity contribution is 5.31. The predicted octanol–water partition coefficient (Wildman–Crippen LogP) is 3.37. The summed E-state index contributed by atoms with van der Waals surface area (Å²) in [6.07, 6.45) is 4.87. The van der Waals surface area contributed by atoms with Gasteiger partial charge in [0.2, 0.25) is 0 Å². The summed E-state index contributed by atoms with van der Waals surface area (Å²) in [4.78, 5) is 0. The van der Waals surface area contributed by atoms with Crippen LogP contribution in [0, 0.1) is 18.7 Å². The Kier molecular flexibility index (Phi) is 3.59. The van der Waals surface area contributed by atoms with Crippen molar-refractivity contribution in [2.45, 2.75) is 38.5 Å². The number of hydrogen-bond acceptors (Lipinski definition) is 1. The zero-order valence-corrected chi connectivity index (χ0v) is 9.88. The maximum absolute atomic E-state index is 13.3. The molecule has 1 aromatic carbocycles. The van der Waals surface area contributed by atoms with E-state index in [2.05, 4.69) is 6.92 Å². The second-order valence-electron chi connectivity index (χ2n) is 4.89. The molecule has 0 saturated heterocycles. The Morgan fingerprint density at radius 1 is 1.31 bits per heavy atom. The number of rotatable bonds is 2. The van der Waals surface area contributed by atoms with Crippen molar-refractivity contribution in [1.82, 2.24) is 0 Å². The molecule has 2 rings (SSSR count). The van der Waals surface area contributed by atoms with E-state index in [-0.39, 0.29) is 5.82 Å². The second-order valence-corrected chi connectivity index (χ2v) is 4.89. The Labute approximate surface area is 96.9 Å². The van der Waals surface area contributed by atoms with Crippen molar-refractivity contribution in [2.24, 2.45) is 11.7 Å². The van der Waals surface area contributed by atoms with E-state index in [0.29, 0.717) is 11.8 Å². The van der Waals surface area contributed by atoms with Gasteiger partial charge in [-0.15, -0.1) is 0 Å². The summed E-state index contributed by atoms with van der Waals surface area (Å²) in [6, 6.07) is 5.12. The summed E-state index contributed by atoms with van der Waals surface area (Å²) in [5, 5.41) is 0. The third kappa shape index (κ3) is 2.27. The Bertz CT molecular complexity index is 362. The smallest absolute Gasteiger partial charge is 0.123 e. The van der Waals surface area contributed by atoms with Crippen LogP contribution in [0.3, 0.4) is 0 Å². The van der Waals surface area contributed by atoms with Crippen molar-refractivity contribution >= 4 is 0 Å². The lowest BCUT2D eigenvalue weighted by Gasteiger charge is -2.32. The van der Waals surface area contributed by atoms with Crippen molar-refractivity contribution in [1.29, 1.82) is 0 Å². The van der Waals surface area contributed by atoms with Gasteiger partial charge in [0.1, 0.15) is 5.82 Å². The zero-order valence-electron chi connectivity index (χ0n) is 9.88. The SMILES string of the molecule is Cc1ccc(F)cc1C1CCCCC1CN. The molecule has 1 aliphatic carbocycles. The average Bonchev–Trinajstić information content (AvgIpc) is 2.32. The van der Waals surface area contributed by atoms with E-state index in [9.17, 15) is 4.39 Å². The predicted molar refractivity (Wildman–Crippen MR) is 64.9 cm³/mol. The van der Waals surface area contributed by atoms with E-state index in [1.807, 2.05) is 6.07 Å². The number of aryl methyl sites for hydroxylation is 1. The van der Waals surface area contributed by atoms with Crippen LogP contribution in [0.25, 0.3) is 0 Å². The first-order valence-corrected chi connectivity index (χ1v) is 6.18. The van der Waals surface area contributed by atoms with Crippen molar-refractivity contribution in [3.63, 3.8) is 0 Å². The molecule has 0 aliphatic heterocycles. The van der Waals surface area contributed by atoms with Crippen LogP contribution < -0.4 is 5.73 Å². The van der Waals surface area contributed by atoms with E-state index in [0.717, 1.165) is 13.0 Å². The Morgan fingerprint density at radius 3 is 2.81 bits per heavy atom. The molecule has 1 fully saturated rings. The van der Waals surface area contributed by atoms with Gasteiger partial charge in [0.25, 0.3) is 0 Å². The summed E-state index contributed by atoms with van der Waals surface area (Å²) in [5.41, 5.74) is 8.20. The number of nitrogens with two attached hydrogens (primary N) is 1. The molecule has 0 radical (unpaired) electrons. The van der Waals surface area contributed by atoms with Gasteiger partial charge in [-0.25, -0.2) is 4.39 Å². The molecule has 1 saturated carbocycles. The van der Waals surface area contributed by atoms with Crippen molar-refractivity contribution in [3.05, 3.63) is 35.1 Å². The van der Waals surface area contributed by atoms with Gasteiger partial charge < -0.3 is 5.73 Å². The second kappa shape index (κ2) is 4.96. The highest BCUT2D eigenvalue weighted by Crippen LogP contribution is 2.38. The fourth-order valence-corrected chi connectivity index (χ4v) is 2.91. The summed E-state index contributed by atoms with van der Waals surface area (Å²) < 4.78 is 13.3. The van der Waals surface area contributed by atoms with Crippen LogP contribution in [0.2, 0.25) is 0 Å². The molecule has 2 N–H and O–H groups in total. The fourth-order valence-electron chi connectivity index (χ4n) is 2.91. The Balaban J connectivity index is 2.30. The summed E-state index contributed by atoms with van der Waals surface area (Å²) in [6.45, 7) is 2.79. The molecule has 16 heavy (non-hydrogen) atoms. The lowest BCUT2D eigenvalue weighted by molar-refractivity contribution is 0.313. The monoisotopic (exact) mass is 221 g/mol. The van der Waals surface area contributed by atoms with E-state index in [4.69, 9.17) is 5.73 Å². The topological polar surface area (TPSA) is 26.0 Å². The van der Waals surface area contributed by atoms with Crippen LogP contribution in [-0.2, 0) is 0 Å². The normalized spacial score (nSPS) is 25.7. The molecule has 0 bridgehead atoms. The maximum atomic E-state index is 13.3. The van der Waals surface area contributed by atoms with E-state index in [1.165, 1.54) is 30.4 Å². The first-order chi connectivity index (χ1) is 7.72. The van der Waals surface area contributed by atoms with E-state index < -0.39 is 0 Å². The lowest BCUT2D eigenvalue weighted by atomic mass is 9.74. The summed E-state index contributed by atoms with van der Waals surface area (Å²) in [5.74, 6) is 0.880. The minimum absolute atomic E-state index is 0.123. The average molecular weight is 221 g/mol. The minimum Gasteiger partial charge on any atom is -0.330 e. The highest BCUT2D eigenvalue weighted by Gasteiger charge is 2.26. The van der Waals surface area contributed by atoms with E-state index in [1.54, 1.807) is 12.1 Å². The molecule has 0 amide bonds. The van der Waals surface area contributed by atoms with Crippen molar-refractivity contribution < 1.29 is 4.39 Å². The van der Waals surface area contributed by atoms with Crippen molar-refractivity contribution in [3.8, 4) is 0 Å². The quantitative estimate of drug-likeness (QED) is 0.814. The van der Waals surface area contributed by atoms with Gasteiger partial charge in [0, 0.05) is 0 Å². The van der Waals surface area contributed by atoms with Crippen LogP contribution in [0.1, 0.15) is 42.7 Å². The van der Waals surface area contributed by atoms with Gasteiger partial charge in [-0.2, -0.15) is 0 Å². The molecular formula is C14H20FN. The number of hydrogen-bond donors (Lipinski definition) is 1. The summed E-state index contributed by atoms with van der Waals surface area (Å²) in [7, 11) is 0. The molecule has 0 spiro atoms. The third-order valence-corrected chi connectivity index (χ3v) is 3.85. The largest absolute Gasteiger partial charge is 0.330 e. The molecule has 2 atom stereocenters. The van der Waals surface area contributed by atoms with Gasteiger partial charge in [0.05, 0.1) is 0 Å². The van der Waals surface area contributed by atoms with Crippen LogP contribution >= 0.6 is 0 Å². The number of halogens is 1. The third-order valence-electron chi connectivity index (χ3n) is 3.85. The van der Waals surface area contributed by atoms with Crippen LogP contribution in [0.15, 0.2) is 18.2 Å². The van der Waals surface area contributed by atoms with Crippen LogP contribution in [0.5, 0.6) is 0 Å². The highest BCUT2D eigenvalue weighted by atomic mass is 19.1. The Morgan fingerprint density at radius 2 is 2.06 bits per heavy atom. The standard InChI is InChI=1S/C14H20FN/c1-10-6-7-12(15)8-14(10)13-5-3-2-4-11(13)9-16/h6-8,11,13H,2-5,9,16H2,1H3. The van der Waals surface area contributed by atoms with Gasteiger partial charge in [-0.05, 0) is 61.4 Å². The molecule has 1 aromatic rings. The molecule has 88 valence electrons. The molecular weight excluding hydrogens is 201 g/mol. The van der Waals surface area contributed by atoms with Crippen LogP contribution in [0.4, 0.5) is 4.39 Å². The maximum Gasteiger partial charge on any atom is 0.123 e. The van der Waals surface area contributed by atoms with Gasteiger partial charge in [-0.1, -0.05) is 18.9 Å². The fraction of sp³-hybridized carbons (Fsp3) is 0.571. The number of benzene rings is 1. The summed E-state index contributed by atoms with van der Waals surface area (Å²) >= 11 is 0. The molecule has 1 aliphatic rings. The van der Waals surface area contributed by atoms with Gasteiger partial charge in [0.15, 0.2) is 0 Å². The first kappa shape index (κ1) is 11.6. The molecule has 2 unspecified atom stereocenters. The molecule has 2 heteroatoms. The zero-order chi connectivity index (χ0) is 11.5. The van der Waals surface area contributed by atoms with Crippen molar-refractivity contribution in [2.75, 3.05) is 6.54 Å². The molecule has 0 heterocycles.